The number of carbonyl (C=O) groups excluding carboxylic acids is 2. The minimum Gasteiger partial charge on any atom is -0.350 e. The molecule has 0 unspecified atom stereocenters. The highest BCUT2D eigenvalue weighted by Gasteiger charge is 2.21. The minimum absolute atomic E-state index is 0.110. The summed E-state index contributed by atoms with van der Waals surface area (Å²) in [6.45, 7) is 2.76. The number of hydrogen-bond acceptors (Lipinski definition) is 6. The summed E-state index contributed by atoms with van der Waals surface area (Å²) >= 11 is 0. The average molecular weight is 326 g/mol. The molecular weight excluding hydrogens is 308 g/mol. The molecule has 0 aromatic carbocycles. The molecule has 0 bridgehead atoms. The Hall–Kier alpha value is -3.03. The van der Waals surface area contributed by atoms with Crippen molar-refractivity contribution < 1.29 is 9.59 Å². The fourth-order valence-electron chi connectivity index (χ4n) is 2.42. The van der Waals surface area contributed by atoms with Crippen LogP contribution in [0.1, 0.15) is 15.9 Å². The molecule has 1 saturated heterocycles. The normalized spacial score (nSPS) is 14.3. The van der Waals surface area contributed by atoms with Gasteiger partial charge in [0.25, 0.3) is 5.91 Å². The second kappa shape index (κ2) is 7.49. The van der Waals surface area contributed by atoms with Gasteiger partial charge in [-0.2, -0.15) is 0 Å². The zero-order valence-corrected chi connectivity index (χ0v) is 13.1. The van der Waals surface area contributed by atoms with E-state index in [2.05, 4.69) is 20.3 Å². The Morgan fingerprint density at radius 2 is 1.79 bits per heavy atom. The summed E-state index contributed by atoms with van der Waals surface area (Å²) in [7, 11) is 0. The number of rotatable bonds is 5. The van der Waals surface area contributed by atoms with Crippen molar-refractivity contribution in [2.75, 3.05) is 31.5 Å². The summed E-state index contributed by atoms with van der Waals surface area (Å²) < 4.78 is 0. The molecule has 8 nitrogen and oxygen atoms in total. The van der Waals surface area contributed by atoms with E-state index in [4.69, 9.17) is 0 Å². The molecule has 1 aliphatic heterocycles. The van der Waals surface area contributed by atoms with Gasteiger partial charge in [-0.3, -0.25) is 14.6 Å². The van der Waals surface area contributed by atoms with Gasteiger partial charge in [0.15, 0.2) is 0 Å². The van der Waals surface area contributed by atoms with Gasteiger partial charge in [0, 0.05) is 57.5 Å². The molecule has 1 aliphatic rings. The number of nitrogens with one attached hydrogen (secondary N) is 1. The Bertz CT molecular complexity index is 683. The lowest BCUT2D eigenvalue weighted by atomic mass is 10.2. The van der Waals surface area contributed by atoms with Crippen LogP contribution >= 0.6 is 0 Å². The molecule has 0 atom stereocenters. The molecule has 1 N–H and O–H groups in total. The number of amides is 2. The van der Waals surface area contributed by atoms with E-state index < -0.39 is 0 Å². The lowest BCUT2D eigenvalue weighted by Gasteiger charge is -2.32. The first-order chi connectivity index (χ1) is 11.8. The van der Waals surface area contributed by atoms with Crippen molar-refractivity contribution in [3.8, 4) is 0 Å². The van der Waals surface area contributed by atoms with E-state index in [-0.39, 0.29) is 5.91 Å². The van der Waals surface area contributed by atoms with Crippen LogP contribution in [0.25, 0.3) is 0 Å². The Balaban J connectivity index is 1.56. The predicted octanol–water partition coefficient (Wildman–Crippen LogP) is 0.398. The lowest BCUT2D eigenvalue weighted by molar-refractivity contribution is -0.119. The summed E-state index contributed by atoms with van der Waals surface area (Å²) in [5.41, 5.74) is 1.52. The van der Waals surface area contributed by atoms with Crippen molar-refractivity contribution in [1.29, 1.82) is 0 Å². The van der Waals surface area contributed by atoms with Gasteiger partial charge < -0.3 is 15.1 Å². The van der Waals surface area contributed by atoms with Gasteiger partial charge in [0.1, 0.15) is 0 Å². The minimum atomic E-state index is -0.110. The van der Waals surface area contributed by atoms with Gasteiger partial charge in [-0.1, -0.05) is 0 Å². The molecule has 8 heteroatoms. The van der Waals surface area contributed by atoms with Crippen LogP contribution in [0, 0.1) is 0 Å². The first kappa shape index (κ1) is 15.9. The van der Waals surface area contributed by atoms with Gasteiger partial charge in [-0.25, -0.2) is 9.97 Å². The second-order valence-electron chi connectivity index (χ2n) is 5.44. The molecule has 2 amide bonds. The van der Waals surface area contributed by atoms with E-state index in [1.165, 1.54) is 12.4 Å². The molecule has 124 valence electrons. The Morgan fingerprint density at radius 1 is 1.12 bits per heavy atom. The molecule has 3 heterocycles. The molecule has 0 aliphatic carbocycles. The van der Waals surface area contributed by atoms with E-state index in [0.29, 0.717) is 44.2 Å². The van der Waals surface area contributed by atoms with E-state index in [1.54, 1.807) is 22.2 Å². The molecule has 2 aromatic rings. The van der Waals surface area contributed by atoms with Crippen LogP contribution in [0.15, 0.2) is 36.9 Å². The molecule has 24 heavy (non-hydrogen) atoms. The number of pyridine rings is 1. The van der Waals surface area contributed by atoms with Crippen LogP contribution in [0.5, 0.6) is 0 Å². The highest BCUT2D eigenvalue weighted by atomic mass is 16.2. The summed E-state index contributed by atoms with van der Waals surface area (Å²) in [4.78, 5) is 38.8. The van der Waals surface area contributed by atoms with Crippen LogP contribution in [0.4, 0.5) is 5.95 Å². The third-order valence-electron chi connectivity index (χ3n) is 3.85. The number of piperazine rings is 1. The van der Waals surface area contributed by atoms with Crippen LogP contribution < -0.4 is 5.32 Å². The highest BCUT2D eigenvalue weighted by molar-refractivity contribution is 5.93. The monoisotopic (exact) mass is 326 g/mol. The highest BCUT2D eigenvalue weighted by Crippen LogP contribution is 2.08. The third-order valence-corrected chi connectivity index (χ3v) is 3.85. The van der Waals surface area contributed by atoms with E-state index in [0.717, 1.165) is 12.0 Å². The predicted molar refractivity (Wildman–Crippen MR) is 87.1 cm³/mol. The van der Waals surface area contributed by atoms with Crippen LogP contribution in [0.2, 0.25) is 0 Å². The molecular formula is C16H18N6O2. The van der Waals surface area contributed by atoms with E-state index >= 15 is 0 Å². The Labute approximate surface area is 139 Å². The zero-order valence-electron chi connectivity index (χ0n) is 13.1. The maximum Gasteiger partial charge on any atom is 0.257 e. The second-order valence-corrected chi connectivity index (χ2v) is 5.44. The summed E-state index contributed by atoms with van der Waals surface area (Å²) in [6.07, 6.45) is 7.31. The van der Waals surface area contributed by atoms with Gasteiger partial charge in [-0.15, -0.1) is 0 Å². The topological polar surface area (TPSA) is 91.3 Å². The molecule has 1 fully saturated rings. The van der Waals surface area contributed by atoms with E-state index in [1.807, 2.05) is 12.1 Å². The van der Waals surface area contributed by atoms with E-state index in [9.17, 15) is 9.59 Å². The van der Waals surface area contributed by atoms with Crippen LogP contribution in [-0.4, -0.2) is 63.2 Å². The van der Waals surface area contributed by atoms with Gasteiger partial charge >= 0.3 is 0 Å². The maximum atomic E-state index is 12.4. The average Bonchev–Trinajstić information content (AvgIpc) is 2.67. The molecule has 2 aromatic heterocycles. The van der Waals surface area contributed by atoms with Crippen molar-refractivity contribution in [3.05, 3.63) is 48.0 Å². The van der Waals surface area contributed by atoms with Crippen molar-refractivity contribution in [2.24, 2.45) is 0 Å². The SMILES string of the molecule is O=CN1CCN(C(=O)c2cnc(NCc3ccncc3)nc2)CC1. The smallest absolute Gasteiger partial charge is 0.257 e. The molecule has 0 spiro atoms. The maximum absolute atomic E-state index is 12.4. The molecule has 3 rings (SSSR count). The summed E-state index contributed by atoms with van der Waals surface area (Å²) in [5.74, 6) is 0.357. The first-order valence-corrected chi connectivity index (χ1v) is 7.70. The Kier molecular flexibility index (Phi) is 4.95. The largest absolute Gasteiger partial charge is 0.350 e. The summed E-state index contributed by atoms with van der Waals surface area (Å²) in [6, 6.07) is 3.81. The fraction of sp³-hybridized carbons (Fsp3) is 0.312. The van der Waals surface area contributed by atoms with Crippen LogP contribution in [0.3, 0.4) is 0 Å². The fourth-order valence-corrected chi connectivity index (χ4v) is 2.42. The number of anilines is 1. The standard InChI is InChI=1S/C16H18N6O2/c23-12-21-5-7-22(8-6-21)15(24)14-10-19-16(20-11-14)18-9-13-1-3-17-4-2-13/h1-4,10-12H,5-9H2,(H,18,19,20). The number of hydrogen-bond donors (Lipinski definition) is 1. The van der Waals surface area contributed by atoms with Crippen molar-refractivity contribution in [2.45, 2.75) is 6.54 Å². The van der Waals surface area contributed by atoms with Gasteiger partial charge in [-0.05, 0) is 17.7 Å². The number of nitrogens with zero attached hydrogens (tertiary/aromatic N) is 5. The van der Waals surface area contributed by atoms with Crippen molar-refractivity contribution >= 4 is 18.3 Å². The zero-order chi connectivity index (χ0) is 16.8. The van der Waals surface area contributed by atoms with Gasteiger partial charge in [0.05, 0.1) is 5.56 Å². The molecule has 0 radical (unpaired) electrons. The number of aromatic nitrogens is 3. The molecule has 0 saturated carbocycles. The number of carbonyl (C=O) groups is 2. The van der Waals surface area contributed by atoms with Crippen LogP contribution in [-0.2, 0) is 11.3 Å². The van der Waals surface area contributed by atoms with Crippen molar-refractivity contribution in [3.63, 3.8) is 0 Å². The quantitative estimate of drug-likeness (QED) is 0.800. The van der Waals surface area contributed by atoms with Crippen molar-refractivity contribution in [1.82, 2.24) is 24.8 Å². The summed E-state index contributed by atoms with van der Waals surface area (Å²) in [5, 5.41) is 3.10. The Morgan fingerprint density at radius 3 is 2.42 bits per heavy atom. The van der Waals surface area contributed by atoms with Gasteiger partial charge in [0.2, 0.25) is 12.4 Å². The first-order valence-electron chi connectivity index (χ1n) is 7.70. The third kappa shape index (κ3) is 3.83. The lowest BCUT2D eigenvalue weighted by Crippen LogP contribution is -2.48.